The molecule has 0 aliphatic heterocycles. The molecule has 8 atom stereocenters. The van der Waals surface area contributed by atoms with Gasteiger partial charge in [0, 0.05) is 12.3 Å². The molecule has 4 aliphatic rings. The van der Waals surface area contributed by atoms with Crippen molar-refractivity contribution in [2.45, 2.75) is 97.8 Å². The molecular formula is C32H47NO. The third-order valence-electron chi connectivity index (χ3n) is 10.5. The van der Waals surface area contributed by atoms with Gasteiger partial charge in [-0.2, -0.15) is 0 Å². The number of nitrogens with two attached hydrogens (primary N) is 1. The van der Waals surface area contributed by atoms with Crippen molar-refractivity contribution in [3.8, 4) is 12.3 Å². The van der Waals surface area contributed by atoms with Crippen molar-refractivity contribution in [2.75, 3.05) is 0 Å². The maximum atomic E-state index is 10.9. The second kappa shape index (κ2) is 10.5. The van der Waals surface area contributed by atoms with E-state index in [9.17, 15) is 4.79 Å². The minimum Gasteiger partial charge on any atom is -0.370 e. The number of primary amides is 1. The molecule has 0 aromatic carbocycles. The molecule has 34 heavy (non-hydrogen) atoms. The van der Waals surface area contributed by atoms with Gasteiger partial charge < -0.3 is 5.73 Å². The summed E-state index contributed by atoms with van der Waals surface area (Å²) in [5, 5.41) is 0. The molecule has 2 N–H and O–H groups in total. The maximum absolute atomic E-state index is 10.9. The molecule has 4 rings (SSSR count). The van der Waals surface area contributed by atoms with Crippen molar-refractivity contribution in [3.05, 3.63) is 36.0 Å². The predicted molar refractivity (Wildman–Crippen MR) is 143 cm³/mol. The molecule has 0 spiro atoms. The molecule has 2 nitrogen and oxygen atoms in total. The Morgan fingerprint density at radius 3 is 2.65 bits per heavy atom. The van der Waals surface area contributed by atoms with Gasteiger partial charge in [-0.3, -0.25) is 4.79 Å². The van der Waals surface area contributed by atoms with Gasteiger partial charge in [0.2, 0.25) is 5.91 Å². The van der Waals surface area contributed by atoms with Crippen LogP contribution in [0.25, 0.3) is 0 Å². The van der Waals surface area contributed by atoms with Gasteiger partial charge in [-0.15, -0.1) is 12.3 Å². The van der Waals surface area contributed by atoms with Crippen LogP contribution in [0.2, 0.25) is 0 Å². The Balaban J connectivity index is 1.45. The van der Waals surface area contributed by atoms with E-state index in [4.69, 9.17) is 12.2 Å². The van der Waals surface area contributed by atoms with Gasteiger partial charge in [-0.1, -0.05) is 89.7 Å². The van der Waals surface area contributed by atoms with Gasteiger partial charge in [0.05, 0.1) is 0 Å². The summed E-state index contributed by atoms with van der Waals surface area (Å²) >= 11 is 0. The Morgan fingerprint density at radius 2 is 1.91 bits per heavy atom. The van der Waals surface area contributed by atoms with Gasteiger partial charge in [-0.05, 0) is 78.1 Å². The average molecular weight is 462 g/mol. The zero-order chi connectivity index (χ0) is 24.3. The quantitative estimate of drug-likeness (QED) is 0.264. The van der Waals surface area contributed by atoms with Crippen molar-refractivity contribution in [1.82, 2.24) is 0 Å². The first-order valence-corrected chi connectivity index (χ1v) is 14.1. The van der Waals surface area contributed by atoms with E-state index in [1.54, 1.807) is 5.57 Å². The zero-order valence-electron chi connectivity index (χ0n) is 21.9. The zero-order valence-corrected chi connectivity index (χ0v) is 21.9. The van der Waals surface area contributed by atoms with E-state index >= 15 is 0 Å². The number of amides is 1. The first kappa shape index (κ1) is 25.3. The molecule has 1 amide bonds. The largest absolute Gasteiger partial charge is 0.370 e. The lowest BCUT2D eigenvalue weighted by molar-refractivity contribution is -0.118. The normalized spacial score (nSPS) is 38.9. The summed E-state index contributed by atoms with van der Waals surface area (Å²) in [5.74, 6) is 7.12. The number of hydrogen-bond donors (Lipinski definition) is 1. The van der Waals surface area contributed by atoms with E-state index in [2.05, 4.69) is 57.1 Å². The molecule has 2 saturated carbocycles. The smallest absolute Gasteiger partial charge is 0.217 e. The molecule has 0 aromatic heterocycles. The molecule has 0 heterocycles. The number of carbonyl (C=O) groups excluding carboxylic acids is 1. The number of unbranched alkanes of at least 4 members (excludes halogenated alkanes) is 5. The Hall–Kier alpha value is -1.75. The summed E-state index contributed by atoms with van der Waals surface area (Å²) in [7, 11) is 0. The van der Waals surface area contributed by atoms with E-state index in [0.29, 0.717) is 23.7 Å². The summed E-state index contributed by atoms with van der Waals surface area (Å²) in [6.45, 7) is 7.65. The first-order valence-electron chi connectivity index (χ1n) is 14.1. The Labute approximate surface area is 208 Å². The molecule has 4 aliphatic carbocycles. The Morgan fingerprint density at radius 1 is 1.18 bits per heavy atom. The highest BCUT2D eigenvalue weighted by Crippen LogP contribution is 2.67. The molecule has 2 fully saturated rings. The van der Waals surface area contributed by atoms with Gasteiger partial charge in [0.25, 0.3) is 0 Å². The van der Waals surface area contributed by atoms with Crippen LogP contribution in [0.3, 0.4) is 0 Å². The van der Waals surface area contributed by atoms with Gasteiger partial charge >= 0.3 is 0 Å². The number of fused-ring (bicyclic) bond motifs is 5. The van der Waals surface area contributed by atoms with E-state index < -0.39 is 0 Å². The number of rotatable bonds is 10. The van der Waals surface area contributed by atoms with Crippen molar-refractivity contribution < 1.29 is 4.79 Å². The molecule has 0 aromatic rings. The van der Waals surface area contributed by atoms with E-state index in [1.807, 2.05) is 0 Å². The SMILES string of the molecule is C#C[C@H]1CCC2C3C=CC4=CC=CC[C@]4(C)C3[C@@H](C(C)CCCCCCCCC(N)=O)C[C@@]21C. The standard InChI is InChI=1S/C32H47NO/c1-5-24-18-20-28-26-19-17-25-15-12-13-21-31(25,3)30(26)27(22-32(24,28)4)23(2)14-10-8-6-7-9-11-16-29(33)34/h1,12-13,15,17,19,23-24,26-28,30H,6-11,14,16,18,20-22H2,2-4H3,(H2,33,34)/t23?,24-,26?,27+,28?,30?,31-,32+/m0/s1. The molecule has 0 bridgehead atoms. The highest BCUT2D eigenvalue weighted by atomic mass is 16.1. The minimum atomic E-state index is -0.164. The van der Waals surface area contributed by atoms with Crippen molar-refractivity contribution in [1.29, 1.82) is 0 Å². The van der Waals surface area contributed by atoms with E-state index in [1.165, 1.54) is 57.8 Å². The average Bonchev–Trinajstić information content (AvgIpc) is 3.15. The lowest BCUT2D eigenvalue weighted by Crippen LogP contribution is -2.53. The second-order valence-electron chi connectivity index (χ2n) is 12.5. The summed E-state index contributed by atoms with van der Waals surface area (Å²) in [6, 6.07) is 0. The fraction of sp³-hybridized carbons (Fsp3) is 0.719. The summed E-state index contributed by atoms with van der Waals surface area (Å²) in [4.78, 5) is 10.9. The molecule has 2 heteroatoms. The van der Waals surface area contributed by atoms with Crippen LogP contribution in [0.1, 0.15) is 97.8 Å². The van der Waals surface area contributed by atoms with Crippen LogP contribution in [-0.4, -0.2) is 5.91 Å². The van der Waals surface area contributed by atoms with Crippen LogP contribution in [0.5, 0.6) is 0 Å². The lowest BCUT2D eigenvalue weighted by Gasteiger charge is -2.60. The van der Waals surface area contributed by atoms with Gasteiger partial charge in [0.1, 0.15) is 0 Å². The molecule has 186 valence electrons. The topological polar surface area (TPSA) is 43.1 Å². The molecular weight excluding hydrogens is 414 g/mol. The number of carbonyl (C=O) groups is 1. The monoisotopic (exact) mass is 461 g/mol. The first-order chi connectivity index (χ1) is 16.3. The van der Waals surface area contributed by atoms with Crippen LogP contribution in [-0.2, 0) is 4.79 Å². The maximum Gasteiger partial charge on any atom is 0.217 e. The summed E-state index contributed by atoms with van der Waals surface area (Å²) in [6.07, 6.45) is 32.3. The fourth-order valence-corrected chi connectivity index (χ4v) is 8.61. The minimum absolute atomic E-state index is 0.164. The van der Waals surface area contributed by atoms with Crippen LogP contribution in [0, 0.1) is 58.7 Å². The molecule has 4 unspecified atom stereocenters. The van der Waals surface area contributed by atoms with Crippen LogP contribution >= 0.6 is 0 Å². The van der Waals surface area contributed by atoms with Crippen molar-refractivity contribution >= 4 is 5.91 Å². The van der Waals surface area contributed by atoms with Gasteiger partial charge in [-0.25, -0.2) is 0 Å². The third kappa shape index (κ3) is 4.69. The van der Waals surface area contributed by atoms with Crippen LogP contribution in [0.4, 0.5) is 0 Å². The summed E-state index contributed by atoms with van der Waals surface area (Å²) < 4.78 is 0. The van der Waals surface area contributed by atoms with Crippen molar-refractivity contribution in [2.24, 2.45) is 52.1 Å². The molecule has 0 radical (unpaired) electrons. The lowest BCUT2D eigenvalue weighted by atomic mass is 9.44. The molecule has 0 saturated heterocycles. The van der Waals surface area contributed by atoms with E-state index in [-0.39, 0.29) is 11.3 Å². The van der Waals surface area contributed by atoms with Gasteiger partial charge in [0.15, 0.2) is 0 Å². The van der Waals surface area contributed by atoms with Crippen molar-refractivity contribution in [3.63, 3.8) is 0 Å². The van der Waals surface area contributed by atoms with Crippen LogP contribution in [0.15, 0.2) is 36.0 Å². The number of allylic oxidation sites excluding steroid dienone is 6. The third-order valence-corrected chi connectivity index (χ3v) is 10.5. The summed E-state index contributed by atoms with van der Waals surface area (Å²) in [5.41, 5.74) is 7.37. The van der Waals surface area contributed by atoms with Crippen LogP contribution < -0.4 is 5.73 Å². The Kier molecular flexibility index (Phi) is 7.81. The van der Waals surface area contributed by atoms with E-state index in [0.717, 1.165) is 36.5 Å². The number of hydrogen-bond acceptors (Lipinski definition) is 1. The predicted octanol–water partition coefficient (Wildman–Crippen LogP) is 7.61. The highest BCUT2D eigenvalue weighted by Gasteiger charge is 2.61. The number of terminal acetylenes is 1. The second-order valence-corrected chi connectivity index (χ2v) is 12.5. The fourth-order valence-electron chi connectivity index (χ4n) is 8.61. The Bertz CT molecular complexity index is 874. The highest BCUT2D eigenvalue weighted by molar-refractivity contribution is 5.73.